The van der Waals surface area contributed by atoms with E-state index in [1.807, 2.05) is 42.5 Å². The van der Waals surface area contributed by atoms with E-state index in [2.05, 4.69) is 34.4 Å². The standard InChI is InChI=1S/C18H18N4OS/c1-2-14-8-10-15(11-9-14)12-19-22-17(20-21-18(22)24)13-23-16-6-4-3-5-7-16/h3-12H,2,13H2,1H3,(H,21,24)/b19-12-. The van der Waals surface area contributed by atoms with E-state index in [4.69, 9.17) is 17.0 Å². The van der Waals surface area contributed by atoms with Gasteiger partial charge in [-0.05, 0) is 41.9 Å². The Morgan fingerprint density at radius 3 is 2.62 bits per heavy atom. The molecule has 0 unspecified atom stereocenters. The summed E-state index contributed by atoms with van der Waals surface area (Å²) < 4.78 is 7.71. The Morgan fingerprint density at radius 2 is 1.92 bits per heavy atom. The molecule has 122 valence electrons. The zero-order chi connectivity index (χ0) is 16.8. The van der Waals surface area contributed by atoms with Gasteiger partial charge in [0.15, 0.2) is 5.82 Å². The average Bonchev–Trinajstić information content (AvgIpc) is 2.99. The van der Waals surface area contributed by atoms with Crippen molar-refractivity contribution in [3.8, 4) is 5.75 Å². The summed E-state index contributed by atoms with van der Waals surface area (Å²) in [6, 6.07) is 17.8. The Morgan fingerprint density at radius 1 is 1.17 bits per heavy atom. The van der Waals surface area contributed by atoms with Crippen molar-refractivity contribution >= 4 is 18.4 Å². The van der Waals surface area contributed by atoms with Crippen LogP contribution in [0.25, 0.3) is 0 Å². The van der Waals surface area contributed by atoms with E-state index in [1.165, 1.54) is 5.56 Å². The van der Waals surface area contributed by atoms with E-state index in [0.717, 1.165) is 17.7 Å². The number of nitrogens with zero attached hydrogens (tertiary/aromatic N) is 3. The molecule has 3 aromatic rings. The molecule has 0 saturated carbocycles. The molecular formula is C18H18N4OS. The van der Waals surface area contributed by atoms with E-state index in [9.17, 15) is 0 Å². The quantitative estimate of drug-likeness (QED) is 0.547. The second kappa shape index (κ2) is 7.70. The van der Waals surface area contributed by atoms with Crippen molar-refractivity contribution < 1.29 is 4.74 Å². The smallest absolute Gasteiger partial charge is 0.216 e. The normalized spacial score (nSPS) is 11.0. The van der Waals surface area contributed by atoms with Gasteiger partial charge in [-0.3, -0.25) is 0 Å². The van der Waals surface area contributed by atoms with E-state index < -0.39 is 0 Å². The van der Waals surface area contributed by atoms with E-state index >= 15 is 0 Å². The predicted molar refractivity (Wildman–Crippen MR) is 97.0 cm³/mol. The SMILES string of the molecule is CCc1ccc(/C=N\n2c(COc3ccccc3)n[nH]c2=S)cc1. The van der Waals surface area contributed by atoms with E-state index in [0.29, 0.717) is 10.6 Å². The van der Waals surface area contributed by atoms with Crippen molar-refractivity contribution in [1.82, 2.24) is 14.9 Å². The molecule has 0 aliphatic heterocycles. The number of ether oxygens (including phenoxy) is 1. The number of para-hydroxylation sites is 1. The van der Waals surface area contributed by atoms with Crippen molar-refractivity contribution in [1.29, 1.82) is 0 Å². The highest BCUT2D eigenvalue weighted by atomic mass is 32.1. The van der Waals surface area contributed by atoms with Gasteiger partial charge in [0.25, 0.3) is 0 Å². The molecule has 3 rings (SSSR count). The first-order valence-corrected chi connectivity index (χ1v) is 8.14. The number of hydrogen-bond acceptors (Lipinski definition) is 4. The molecule has 0 aliphatic carbocycles. The highest BCUT2D eigenvalue weighted by molar-refractivity contribution is 7.71. The van der Waals surface area contributed by atoms with Crippen molar-refractivity contribution in [3.05, 3.63) is 76.3 Å². The van der Waals surface area contributed by atoms with Gasteiger partial charge in [-0.25, -0.2) is 5.10 Å². The van der Waals surface area contributed by atoms with Gasteiger partial charge in [-0.1, -0.05) is 49.4 Å². The maximum absolute atomic E-state index is 5.70. The second-order valence-corrected chi connectivity index (χ2v) is 5.58. The van der Waals surface area contributed by atoms with Gasteiger partial charge in [-0.2, -0.15) is 14.9 Å². The minimum atomic E-state index is 0.281. The number of H-pyrrole nitrogens is 1. The van der Waals surface area contributed by atoms with Crippen molar-refractivity contribution in [2.75, 3.05) is 0 Å². The third-order valence-corrected chi connectivity index (χ3v) is 3.80. The van der Waals surface area contributed by atoms with Gasteiger partial charge < -0.3 is 4.74 Å². The molecule has 24 heavy (non-hydrogen) atoms. The molecule has 6 heteroatoms. The van der Waals surface area contributed by atoms with E-state index in [1.54, 1.807) is 10.9 Å². The summed E-state index contributed by atoms with van der Waals surface area (Å²) in [4.78, 5) is 0. The largest absolute Gasteiger partial charge is 0.486 e. The van der Waals surface area contributed by atoms with Gasteiger partial charge >= 0.3 is 0 Å². The maximum atomic E-state index is 5.70. The third kappa shape index (κ3) is 3.97. The summed E-state index contributed by atoms with van der Waals surface area (Å²) in [5.74, 6) is 1.39. The van der Waals surface area contributed by atoms with Crippen LogP contribution in [-0.4, -0.2) is 21.1 Å². The zero-order valence-electron chi connectivity index (χ0n) is 13.3. The van der Waals surface area contributed by atoms with Crippen LogP contribution >= 0.6 is 12.2 Å². The molecule has 0 atom stereocenters. The molecule has 5 nitrogen and oxygen atoms in total. The Hall–Kier alpha value is -2.73. The van der Waals surface area contributed by atoms with E-state index in [-0.39, 0.29) is 6.61 Å². The van der Waals surface area contributed by atoms with Crippen LogP contribution < -0.4 is 4.74 Å². The zero-order valence-corrected chi connectivity index (χ0v) is 14.2. The number of rotatable bonds is 6. The molecule has 0 radical (unpaired) electrons. The minimum Gasteiger partial charge on any atom is -0.486 e. The molecule has 0 fully saturated rings. The molecule has 0 saturated heterocycles. The topological polar surface area (TPSA) is 55.2 Å². The minimum absolute atomic E-state index is 0.281. The van der Waals surface area contributed by atoms with Crippen LogP contribution in [0.2, 0.25) is 0 Å². The highest BCUT2D eigenvalue weighted by Gasteiger charge is 2.06. The molecule has 1 heterocycles. The summed E-state index contributed by atoms with van der Waals surface area (Å²) in [5.41, 5.74) is 2.30. The fourth-order valence-corrected chi connectivity index (χ4v) is 2.36. The number of benzene rings is 2. The second-order valence-electron chi connectivity index (χ2n) is 5.20. The molecule has 0 spiro atoms. The van der Waals surface area contributed by atoms with Crippen molar-refractivity contribution in [2.24, 2.45) is 5.10 Å². The number of aryl methyl sites for hydroxylation is 1. The number of aromatic amines is 1. The lowest BCUT2D eigenvalue weighted by Gasteiger charge is -2.05. The van der Waals surface area contributed by atoms with Crippen LogP contribution in [0.5, 0.6) is 5.75 Å². The number of aromatic nitrogens is 3. The Labute approximate surface area is 145 Å². The maximum Gasteiger partial charge on any atom is 0.216 e. The molecular weight excluding hydrogens is 320 g/mol. The monoisotopic (exact) mass is 338 g/mol. The van der Waals surface area contributed by atoms with Gasteiger partial charge in [0.05, 0.1) is 6.21 Å². The van der Waals surface area contributed by atoms with Gasteiger partial charge in [0, 0.05) is 0 Å². The fourth-order valence-electron chi connectivity index (χ4n) is 2.17. The fraction of sp³-hybridized carbons (Fsp3) is 0.167. The summed E-state index contributed by atoms with van der Waals surface area (Å²) in [6.07, 6.45) is 2.78. The average molecular weight is 338 g/mol. The van der Waals surface area contributed by atoms with Crippen LogP contribution in [-0.2, 0) is 13.0 Å². The molecule has 0 amide bonds. The Bertz CT molecular complexity index is 866. The lowest BCUT2D eigenvalue weighted by Crippen LogP contribution is -2.04. The molecule has 0 bridgehead atoms. The number of hydrogen-bond donors (Lipinski definition) is 1. The molecule has 2 aromatic carbocycles. The van der Waals surface area contributed by atoms with Crippen LogP contribution in [0.15, 0.2) is 59.7 Å². The molecule has 1 N–H and O–H groups in total. The Kier molecular flexibility index (Phi) is 5.18. The first-order valence-electron chi connectivity index (χ1n) is 7.73. The van der Waals surface area contributed by atoms with Crippen molar-refractivity contribution in [2.45, 2.75) is 20.0 Å². The predicted octanol–water partition coefficient (Wildman–Crippen LogP) is 3.96. The first-order chi connectivity index (χ1) is 11.8. The summed E-state index contributed by atoms with van der Waals surface area (Å²) in [5, 5.41) is 11.3. The van der Waals surface area contributed by atoms with Gasteiger partial charge in [0.2, 0.25) is 4.77 Å². The van der Waals surface area contributed by atoms with Crippen LogP contribution in [0.3, 0.4) is 0 Å². The van der Waals surface area contributed by atoms with Crippen LogP contribution in [0.1, 0.15) is 23.9 Å². The van der Waals surface area contributed by atoms with Crippen LogP contribution in [0.4, 0.5) is 0 Å². The molecule has 1 aromatic heterocycles. The summed E-state index contributed by atoms with van der Waals surface area (Å²) >= 11 is 5.23. The van der Waals surface area contributed by atoms with Crippen molar-refractivity contribution in [3.63, 3.8) is 0 Å². The molecule has 0 aliphatic rings. The lowest BCUT2D eigenvalue weighted by molar-refractivity contribution is 0.290. The first kappa shape index (κ1) is 16.1. The third-order valence-electron chi connectivity index (χ3n) is 3.54. The van der Waals surface area contributed by atoms with Gasteiger partial charge in [0.1, 0.15) is 12.4 Å². The summed E-state index contributed by atoms with van der Waals surface area (Å²) in [6.45, 7) is 2.41. The highest BCUT2D eigenvalue weighted by Crippen LogP contribution is 2.11. The Balaban J connectivity index is 1.74. The lowest BCUT2D eigenvalue weighted by atomic mass is 10.1. The number of nitrogens with one attached hydrogen (secondary N) is 1. The van der Waals surface area contributed by atoms with Gasteiger partial charge in [-0.15, -0.1) is 0 Å². The summed E-state index contributed by atoms with van der Waals surface area (Å²) in [7, 11) is 0. The van der Waals surface area contributed by atoms with Crippen LogP contribution in [0, 0.1) is 4.77 Å².